The van der Waals surface area contributed by atoms with E-state index in [1.54, 1.807) is 0 Å². The van der Waals surface area contributed by atoms with Crippen molar-refractivity contribution in [1.29, 1.82) is 0 Å². The Bertz CT molecular complexity index is 83.1. The largest absolute Gasteiger partial charge is 0.255 e. The van der Waals surface area contributed by atoms with E-state index in [1.165, 1.54) is 38.9 Å². The molecule has 0 aromatic heterocycles. The van der Waals surface area contributed by atoms with Gasteiger partial charge in [0.25, 0.3) is 0 Å². The molecule has 2 nitrogen and oxygen atoms in total. The Morgan fingerprint density at radius 1 is 1.33 bits per heavy atom. The van der Waals surface area contributed by atoms with Crippen molar-refractivity contribution >= 4 is 0 Å². The van der Waals surface area contributed by atoms with Gasteiger partial charge in [-0.05, 0) is 25.2 Å². The first kappa shape index (κ1) is 5.69. The minimum atomic E-state index is 1.01. The second-order valence-corrected chi connectivity index (χ2v) is 3.15. The summed E-state index contributed by atoms with van der Waals surface area (Å²) in [6.45, 7) is 3.79. The molecule has 2 heteroatoms. The normalized spacial score (nSPS) is 42.7. The molecule has 2 heterocycles. The monoisotopic (exact) mass is 126 g/mol. The number of nitrogens with one attached hydrogen (secondary N) is 1. The minimum absolute atomic E-state index is 1.01. The van der Waals surface area contributed by atoms with Gasteiger partial charge in [-0.3, -0.25) is 5.43 Å². The first-order valence-electron chi connectivity index (χ1n) is 3.93. The molecule has 0 aromatic carbocycles. The lowest BCUT2D eigenvalue weighted by molar-refractivity contribution is 0.0707. The highest BCUT2D eigenvalue weighted by atomic mass is 15.5. The lowest BCUT2D eigenvalue weighted by Crippen LogP contribution is -2.50. The highest BCUT2D eigenvalue weighted by Crippen LogP contribution is 2.20. The first-order chi connectivity index (χ1) is 4.45. The predicted molar refractivity (Wildman–Crippen MR) is 36.9 cm³/mol. The fourth-order valence-electron chi connectivity index (χ4n) is 1.87. The van der Waals surface area contributed by atoms with Gasteiger partial charge in [0.05, 0.1) is 0 Å². The van der Waals surface area contributed by atoms with E-state index in [0.717, 1.165) is 5.92 Å². The van der Waals surface area contributed by atoms with Crippen LogP contribution in [0.3, 0.4) is 0 Å². The maximum Gasteiger partial charge on any atom is 0.0159 e. The van der Waals surface area contributed by atoms with Crippen molar-refractivity contribution in [3.63, 3.8) is 0 Å². The Labute approximate surface area is 56.2 Å². The molecule has 2 aliphatic rings. The molecule has 9 heavy (non-hydrogen) atoms. The zero-order chi connectivity index (χ0) is 6.10. The quantitative estimate of drug-likeness (QED) is 0.511. The second kappa shape index (κ2) is 2.27. The van der Waals surface area contributed by atoms with Crippen molar-refractivity contribution < 1.29 is 0 Å². The standard InChI is InChI=1S/C7H14N2/c1-2-7-3-4-8-9(5-1)6-7/h7-8H,1-6H2. The average molecular weight is 126 g/mol. The molecule has 0 aliphatic carbocycles. The van der Waals surface area contributed by atoms with Crippen molar-refractivity contribution in [2.45, 2.75) is 19.3 Å². The molecule has 2 unspecified atom stereocenters. The number of nitrogens with zero attached hydrogens (tertiary/aromatic N) is 1. The Kier molecular flexibility index (Phi) is 1.44. The zero-order valence-corrected chi connectivity index (χ0v) is 5.77. The number of hydrogen-bond acceptors (Lipinski definition) is 2. The lowest BCUT2D eigenvalue weighted by Gasteiger charge is -2.37. The molecule has 1 N–H and O–H groups in total. The van der Waals surface area contributed by atoms with Crippen LogP contribution in [0.15, 0.2) is 0 Å². The van der Waals surface area contributed by atoms with Crippen LogP contribution in [0.2, 0.25) is 0 Å². The minimum Gasteiger partial charge on any atom is -0.255 e. The van der Waals surface area contributed by atoms with Crippen LogP contribution < -0.4 is 5.43 Å². The maximum absolute atomic E-state index is 3.38. The van der Waals surface area contributed by atoms with Gasteiger partial charge in [0.15, 0.2) is 0 Å². The Morgan fingerprint density at radius 2 is 2.33 bits per heavy atom. The van der Waals surface area contributed by atoms with Crippen LogP contribution in [-0.2, 0) is 0 Å². The van der Waals surface area contributed by atoms with Gasteiger partial charge < -0.3 is 0 Å². The van der Waals surface area contributed by atoms with Crippen LogP contribution in [-0.4, -0.2) is 24.6 Å². The third-order valence-electron chi connectivity index (χ3n) is 2.41. The van der Waals surface area contributed by atoms with Crippen molar-refractivity contribution in [1.82, 2.24) is 10.4 Å². The molecule has 52 valence electrons. The molecule has 2 bridgehead atoms. The summed E-state index contributed by atoms with van der Waals surface area (Å²) in [5.74, 6) is 1.01. The molecule has 2 rings (SSSR count). The summed E-state index contributed by atoms with van der Waals surface area (Å²) in [6.07, 6.45) is 4.27. The topological polar surface area (TPSA) is 15.3 Å². The van der Waals surface area contributed by atoms with E-state index >= 15 is 0 Å². The number of hydrogen-bond donors (Lipinski definition) is 1. The zero-order valence-electron chi connectivity index (χ0n) is 5.77. The smallest absolute Gasteiger partial charge is 0.0159 e. The molecule has 0 radical (unpaired) electrons. The summed E-state index contributed by atoms with van der Waals surface area (Å²) < 4.78 is 0. The van der Waals surface area contributed by atoms with E-state index in [2.05, 4.69) is 10.4 Å². The van der Waals surface area contributed by atoms with Crippen LogP contribution in [0.5, 0.6) is 0 Å². The van der Waals surface area contributed by atoms with Crippen molar-refractivity contribution in [2.75, 3.05) is 19.6 Å². The molecular formula is C7H14N2. The molecule has 0 amide bonds. The van der Waals surface area contributed by atoms with Gasteiger partial charge in [0.2, 0.25) is 0 Å². The molecule has 0 spiro atoms. The molecule has 2 aliphatic heterocycles. The third-order valence-corrected chi connectivity index (χ3v) is 2.41. The van der Waals surface area contributed by atoms with Gasteiger partial charge in [-0.25, -0.2) is 5.01 Å². The number of fused-ring (bicyclic) bond motifs is 2. The summed E-state index contributed by atoms with van der Waals surface area (Å²) in [5.41, 5.74) is 3.38. The predicted octanol–water partition coefficient (Wildman–Crippen LogP) is 0.607. The van der Waals surface area contributed by atoms with Gasteiger partial charge in [-0.2, -0.15) is 0 Å². The average Bonchev–Trinajstić information content (AvgIpc) is 1.88. The van der Waals surface area contributed by atoms with Crippen molar-refractivity contribution in [3.8, 4) is 0 Å². The molecule has 2 atom stereocenters. The summed E-state index contributed by atoms with van der Waals surface area (Å²) in [7, 11) is 0. The highest BCUT2D eigenvalue weighted by molar-refractivity contribution is 4.75. The van der Waals surface area contributed by atoms with Crippen molar-refractivity contribution in [2.24, 2.45) is 5.92 Å². The lowest BCUT2D eigenvalue weighted by atomic mass is 9.94. The molecule has 2 saturated heterocycles. The van der Waals surface area contributed by atoms with Gasteiger partial charge in [0, 0.05) is 19.6 Å². The molecule has 0 saturated carbocycles. The summed E-state index contributed by atoms with van der Waals surface area (Å²) in [6, 6.07) is 0. The summed E-state index contributed by atoms with van der Waals surface area (Å²) in [4.78, 5) is 0. The SMILES string of the molecule is C1CC2CCNN(C1)C2. The van der Waals surface area contributed by atoms with Crippen LogP contribution in [0, 0.1) is 5.92 Å². The fraction of sp³-hybridized carbons (Fsp3) is 1.00. The Morgan fingerprint density at radius 3 is 3.11 bits per heavy atom. The highest BCUT2D eigenvalue weighted by Gasteiger charge is 2.22. The summed E-state index contributed by atoms with van der Waals surface area (Å²) in [5, 5.41) is 2.37. The van der Waals surface area contributed by atoms with Gasteiger partial charge in [0.1, 0.15) is 0 Å². The van der Waals surface area contributed by atoms with E-state index in [9.17, 15) is 0 Å². The van der Waals surface area contributed by atoms with Gasteiger partial charge in [-0.1, -0.05) is 0 Å². The molecular weight excluding hydrogens is 112 g/mol. The maximum atomic E-state index is 3.38. The first-order valence-corrected chi connectivity index (χ1v) is 3.93. The van der Waals surface area contributed by atoms with Crippen LogP contribution >= 0.6 is 0 Å². The number of rotatable bonds is 0. The number of piperidine rings is 1. The van der Waals surface area contributed by atoms with E-state index in [1.807, 2.05) is 0 Å². The summed E-state index contributed by atoms with van der Waals surface area (Å²) >= 11 is 0. The number of hydrazine groups is 1. The van der Waals surface area contributed by atoms with Crippen LogP contribution in [0.25, 0.3) is 0 Å². The van der Waals surface area contributed by atoms with E-state index in [-0.39, 0.29) is 0 Å². The van der Waals surface area contributed by atoms with Gasteiger partial charge in [-0.15, -0.1) is 0 Å². The third kappa shape index (κ3) is 1.10. The molecule has 0 aromatic rings. The van der Waals surface area contributed by atoms with Gasteiger partial charge >= 0.3 is 0 Å². The Balaban J connectivity index is 1.96. The Hall–Kier alpha value is -0.0800. The van der Waals surface area contributed by atoms with Crippen LogP contribution in [0.4, 0.5) is 0 Å². The second-order valence-electron chi connectivity index (χ2n) is 3.15. The molecule has 2 fully saturated rings. The van der Waals surface area contributed by atoms with E-state index < -0.39 is 0 Å². The van der Waals surface area contributed by atoms with E-state index in [4.69, 9.17) is 0 Å². The van der Waals surface area contributed by atoms with Crippen molar-refractivity contribution in [3.05, 3.63) is 0 Å². The van der Waals surface area contributed by atoms with E-state index in [0.29, 0.717) is 0 Å². The fourth-order valence-corrected chi connectivity index (χ4v) is 1.87. The van der Waals surface area contributed by atoms with Crippen LogP contribution in [0.1, 0.15) is 19.3 Å².